The number of aromatic nitrogens is 3. The maximum atomic E-state index is 12.1. The number of nitrogens with zero attached hydrogens (tertiary/aromatic N) is 7. The maximum Gasteiger partial charge on any atom is 0.320 e. The van der Waals surface area contributed by atoms with Gasteiger partial charge in [0.25, 0.3) is 0 Å². The fourth-order valence-electron chi connectivity index (χ4n) is 2.90. The van der Waals surface area contributed by atoms with Gasteiger partial charge in [-0.3, -0.25) is 0 Å². The van der Waals surface area contributed by atoms with Crippen LogP contribution in [0.5, 0.6) is 0 Å². The summed E-state index contributed by atoms with van der Waals surface area (Å²) >= 11 is 5.92. The molecule has 2 amide bonds. The minimum Gasteiger partial charge on any atom is -0.337 e. The molecule has 1 aromatic heterocycles. The molecule has 0 saturated carbocycles. The predicted molar refractivity (Wildman–Crippen MR) is 79.5 cm³/mol. The lowest BCUT2D eigenvalue weighted by Gasteiger charge is -2.37. The zero-order valence-electron chi connectivity index (χ0n) is 12.2. The molecule has 1 unspecified atom stereocenters. The van der Waals surface area contributed by atoms with Gasteiger partial charge in [-0.25, -0.2) is 4.79 Å². The SMILES string of the molecule is CN1CCN(C2CCCN(c3nnc(C#N)c(Cl)n3)C2)C1=O. The fraction of sp³-hybridized carbons (Fsp3) is 0.615. The summed E-state index contributed by atoms with van der Waals surface area (Å²) in [5, 5.41) is 16.6. The summed E-state index contributed by atoms with van der Waals surface area (Å²) in [6.45, 7) is 2.96. The number of anilines is 1. The van der Waals surface area contributed by atoms with Gasteiger partial charge in [-0.05, 0) is 12.8 Å². The fourth-order valence-corrected chi connectivity index (χ4v) is 3.06. The molecule has 0 bridgehead atoms. The first kappa shape index (κ1) is 14.8. The Morgan fingerprint density at radius 3 is 2.77 bits per heavy atom. The van der Waals surface area contributed by atoms with Crippen molar-refractivity contribution in [1.82, 2.24) is 25.0 Å². The average Bonchev–Trinajstić information content (AvgIpc) is 2.87. The first-order valence-electron chi connectivity index (χ1n) is 7.17. The minimum absolute atomic E-state index is 0.0234. The van der Waals surface area contributed by atoms with E-state index in [1.54, 1.807) is 4.90 Å². The molecule has 0 aromatic carbocycles. The Morgan fingerprint density at radius 2 is 2.14 bits per heavy atom. The van der Waals surface area contributed by atoms with Crippen LogP contribution in [0.15, 0.2) is 0 Å². The Bertz CT molecular complexity index is 631. The summed E-state index contributed by atoms with van der Waals surface area (Å²) < 4.78 is 0. The molecule has 0 spiro atoms. The van der Waals surface area contributed by atoms with Crippen molar-refractivity contribution in [2.45, 2.75) is 18.9 Å². The Hall–Kier alpha value is -2.14. The number of nitriles is 1. The van der Waals surface area contributed by atoms with Crippen molar-refractivity contribution in [2.75, 3.05) is 38.1 Å². The second-order valence-corrected chi connectivity index (χ2v) is 5.86. The number of amides is 2. The second-order valence-electron chi connectivity index (χ2n) is 5.50. The lowest BCUT2D eigenvalue weighted by atomic mass is 10.0. The topological polar surface area (TPSA) is 89.2 Å². The van der Waals surface area contributed by atoms with Crippen LogP contribution in [0, 0.1) is 11.3 Å². The van der Waals surface area contributed by atoms with Crippen LogP contribution in [0.3, 0.4) is 0 Å². The highest BCUT2D eigenvalue weighted by Crippen LogP contribution is 2.23. The van der Waals surface area contributed by atoms with Crippen molar-refractivity contribution in [3.63, 3.8) is 0 Å². The summed E-state index contributed by atoms with van der Waals surface area (Å²) in [7, 11) is 1.82. The Morgan fingerprint density at radius 1 is 1.32 bits per heavy atom. The number of urea groups is 1. The first-order chi connectivity index (χ1) is 10.6. The van der Waals surface area contributed by atoms with Crippen LogP contribution in [-0.2, 0) is 0 Å². The summed E-state index contributed by atoms with van der Waals surface area (Å²) in [4.78, 5) is 21.9. The second kappa shape index (κ2) is 5.93. The third kappa shape index (κ3) is 2.64. The number of hydrogen-bond acceptors (Lipinski definition) is 6. The van der Waals surface area contributed by atoms with E-state index >= 15 is 0 Å². The van der Waals surface area contributed by atoms with Crippen molar-refractivity contribution in [3.8, 4) is 6.07 Å². The normalized spacial score (nSPS) is 22.1. The lowest BCUT2D eigenvalue weighted by Crippen LogP contribution is -2.49. The zero-order valence-corrected chi connectivity index (χ0v) is 13.0. The molecule has 2 aliphatic rings. The smallest absolute Gasteiger partial charge is 0.320 e. The third-order valence-electron chi connectivity index (χ3n) is 4.11. The summed E-state index contributed by atoms with van der Waals surface area (Å²) in [5.74, 6) is 0.411. The molecule has 22 heavy (non-hydrogen) atoms. The summed E-state index contributed by atoms with van der Waals surface area (Å²) in [6.07, 6.45) is 1.91. The van der Waals surface area contributed by atoms with E-state index in [4.69, 9.17) is 16.9 Å². The zero-order chi connectivity index (χ0) is 15.7. The molecule has 9 heteroatoms. The minimum atomic E-state index is 0.0234. The number of hydrogen-bond donors (Lipinski definition) is 0. The van der Waals surface area contributed by atoms with Gasteiger partial charge in [0.2, 0.25) is 5.95 Å². The van der Waals surface area contributed by atoms with Crippen LogP contribution in [-0.4, -0.2) is 70.3 Å². The van der Waals surface area contributed by atoms with Crippen molar-refractivity contribution in [3.05, 3.63) is 10.8 Å². The van der Waals surface area contributed by atoms with Crippen molar-refractivity contribution >= 4 is 23.6 Å². The molecule has 1 atom stereocenters. The Kier molecular flexibility index (Phi) is 3.98. The monoisotopic (exact) mass is 321 g/mol. The van der Waals surface area contributed by atoms with Gasteiger partial charge >= 0.3 is 6.03 Å². The van der Waals surface area contributed by atoms with E-state index in [0.29, 0.717) is 12.5 Å². The molecule has 2 fully saturated rings. The number of halogens is 1. The number of rotatable bonds is 2. The van der Waals surface area contributed by atoms with E-state index < -0.39 is 0 Å². The molecule has 0 N–H and O–H groups in total. The largest absolute Gasteiger partial charge is 0.337 e. The molecular weight excluding hydrogens is 306 g/mol. The van der Waals surface area contributed by atoms with E-state index in [1.807, 2.05) is 22.9 Å². The van der Waals surface area contributed by atoms with E-state index in [2.05, 4.69) is 15.2 Å². The van der Waals surface area contributed by atoms with Gasteiger partial charge in [0, 0.05) is 33.2 Å². The summed E-state index contributed by atoms with van der Waals surface area (Å²) in [6, 6.07) is 2.06. The van der Waals surface area contributed by atoms with Gasteiger partial charge in [0.15, 0.2) is 10.8 Å². The van der Waals surface area contributed by atoms with Gasteiger partial charge in [-0.15, -0.1) is 10.2 Å². The molecule has 2 aliphatic heterocycles. The Balaban J connectivity index is 1.75. The van der Waals surface area contributed by atoms with Crippen LogP contribution >= 0.6 is 11.6 Å². The quantitative estimate of drug-likeness (QED) is 0.798. The van der Waals surface area contributed by atoms with Crippen LogP contribution in [0.2, 0.25) is 5.15 Å². The lowest BCUT2D eigenvalue weighted by molar-refractivity contribution is 0.175. The van der Waals surface area contributed by atoms with Gasteiger partial charge in [0.1, 0.15) is 6.07 Å². The molecule has 116 valence electrons. The predicted octanol–water partition coefficient (Wildman–Crippen LogP) is 0.733. The van der Waals surface area contributed by atoms with Crippen LogP contribution in [0.25, 0.3) is 0 Å². The molecule has 2 saturated heterocycles. The highest BCUT2D eigenvalue weighted by molar-refractivity contribution is 6.30. The van der Waals surface area contributed by atoms with Crippen LogP contribution in [0.4, 0.5) is 10.7 Å². The van der Waals surface area contributed by atoms with Gasteiger partial charge in [0.05, 0.1) is 6.04 Å². The van der Waals surface area contributed by atoms with Crippen LogP contribution < -0.4 is 4.90 Å². The number of likely N-dealkylation sites (N-methyl/N-ethyl adjacent to an activating group) is 1. The van der Waals surface area contributed by atoms with E-state index in [0.717, 1.165) is 32.5 Å². The van der Waals surface area contributed by atoms with E-state index in [1.165, 1.54) is 0 Å². The number of carbonyl (C=O) groups excluding carboxylic acids is 1. The van der Waals surface area contributed by atoms with Gasteiger partial charge < -0.3 is 14.7 Å². The van der Waals surface area contributed by atoms with E-state index in [-0.39, 0.29) is 22.9 Å². The van der Waals surface area contributed by atoms with Crippen molar-refractivity contribution in [1.29, 1.82) is 5.26 Å². The van der Waals surface area contributed by atoms with Crippen LogP contribution in [0.1, 0.15) is 18.5 Å². The maximum absolute atomic E-state index is 12.1. The molecule has 3 rings (SSSR count). The van der Waals surface area contributed by atoms with Crippen molar-refractivity contribution in [2.24, 2.45) is 0 Å². The molecule has 3 heterocycles. The average molecular weight is 322 g/mol. The standard InChI is InChI=1S/C13H16ClN7O/c1-19-5-6-21(13(19)22)9-3-2-4-20(8-9)12-16-11(14)10(7-15)17-18-12/h9H,2-6,8H2,1H3. The molecule has 8 nitrogen and oxygen atoms in total. The third-order valence-corrected chi connectivity index (χ3v) is 4.37. The van der Waals surface area contributed by atoms with Gasteiger partial charge in [-0.2, -0.15) is 10.2 Å². The summed E-state index contributed by atoms with van der Waals surface area (Å²) in [5.41, 5.74) is 0.0234. The van der Waals surface area contributed by atoms with Gasteiger partial charge in [-0.1, -0.05) is 11.6 Å². The van der Waals surface area contributed by atoms with E-state index in [9.17, 15) is 4.79 Å². The Labute approximate surface area is 133 Å². The molecule has 1 aromatic rings. The highest BCUT2D eigenvalue weighted by Gasteiger charge is 2.34. The highest BCUT2D eigenvalue weighted by atomic mass is 35.5. The molecule has 0 radical (unpaired) electrons. The number of carbonyl (C=O) groups is 1. The molecular formula is C13H16ClN7O. The number of piperidine rings is 1. The van der Waals surface area contributed by atoms with Crippen molar-refractivity contribution < 1.29 is 4.79 Å². The first-order valence-corrected chi connectivity index (χ1v) is 7.55. The molecule has 0 aliphatic carbocycles.